The van der Waals surface area contributed by atoms with Gasteiger partial charge in [-0.1, -0.05) is 53.1 Å². The molecular formula is C14H20Cl2O. The minimum atomic E-state index is -1.05. The predicted molar refractivity (Wildman–Crippen MR) is 74.5 cm³/mol. The van der Waals surface area contributed by atoms with Crippen LogP contribution in [0.5, 0.6) is 0 Å². The lowest BCUT2D eigenvalue weighted by Crippen LogP contribution is -2.47. The molecule has 0 aromatic rings. The summed E-state index contributed by atoms with van der Waals surface area (Å²) in [5, 5.41) is 0.541. The third-order valence-corrected chi connectivity index (χ3v) is 4.16. The van der Waals surface area contributed by atoms with Gasteiger partial charge in [-0.25, -0.2) is 0 Å². The average molecular weight is 275 g/mol. The van der Waals surface area contributed by atoms with Crippen LogP contribution in [-0.4, -0.2) is 10.7 Å². The lowest BCUT2D eigenvalue weighted by Gasteiger charge is -2.40. The third-order valence-electron chi connectivity index (χ3n) is 3.09. The average Bonchev–Trinajstić information content (AvgIpc) is 2.07. The minimum Gasteiger partial charge on any atom is -0.292 e. The molecule has 96 valence electrons. The van der Waals surface area contributed by atoms with E-state index < -0.39 is 4.87 Å². The zero-order valence-corrected chi connectivity index (χ0v) is 12.8. The molecule has 1 aliphatic rings. The Balaban J connectivity index is 3.38. The minimum absolute atomic E-state index is 0.0384. The van der Waals surface area contributed by atoms with Gasteiger partial charge in [-0.15, -0.1) is 11.6 Å². The standard InChI is InChI=1S/C14H20Cl2O/c1-12(2,3)10-7-9(15)8-14(16,11(10)17)13(4,5)6/h7-8H,1-6H3. The first-order valence-corrected chi connectivity index (χ1v) is 6.49. The number of ketones is 1. The lowest BCUT2D eigenvalue weighted by atomic mass is 9.69. The molecule has 0 N–H and O–H groups in total. The van der Waals surface area contributed by atoms with Gasteiger partial charge in [0.25, 0.3) is 0 Å². The Morgan fingerprint density at radius 2 is 1.59 bits per heavy atom. The molecule has 0 aliphatic heterocycles. The van der Waals surface area contributed by atoms with Gasteiger partial charge in [0.2, 0.25) is 0 Å². The molecule has 17 heavy (non-hydrogen) atoms. The van der Waals surface area contributed by atoms with Gasteiger partial charge in [0.05, 0.1) is 0 Å². The molecule has 3 heteroatoms. The molecule has 1 nitrogen and oxygen atoms in total. The molecule has 0 heterocycles. The van der Waals surface area contributed by atoms with Crippen LogP contribution < -0.4 is 0 Å². The number of rotatable bonds is 0. The lowest BCUT2D eigenvalue weighted by molar-refractivity contribution is -0.120. The summed E-state index contributed by atoms with van der Waals surface area (Å²) < 4.78 is 0. The van der Waals surface area contributed by atoms with Crippen LogP contribution in [0, 0.1) is 10.8 Å². The van der Waals surface area contributed by atoms with E-state index in [-0.39, 0.29) is 16.6 Å². The Hall–Kier alpha value is -0.270. The number of hydrogen-bond donors (Lipinski definition) is 0. The van der Waals surface area contributed by atoms with Crippen molar-refractivity contribution in [2.24, 2.45) is 10.8 Å². The van der Waals surface area contributed by atoms with E-state index in [1.807, 2.05) is 41.5 Å². The van der Waals surface area contributed by atoms with Crippen LogP contribution in [0.1, 0.15) is 41.5 Å². The Morgan fingerprint density at radius 1 is 1.12 bits per heavy atom. The topological polar surface area (TPSA) is 17.1 Å². The van der Waals surface area contributed by atoms with Crippen LogP contribution in [0.25, 0.3) is 0 Å². The Morgan fingerprint density at radius 3 is 1.94 bits per heavy atom. The molecule has 0 fully saturated rings. The van der Waals surface area contributed by atoms with Crippen molar-refractivity contribution in [3.8, 4) is 0 Å². The zero-order valence-electron chi connectivity index (χ0n) is 11.3. The third kappa shape index (κ3) is 2.61. The Labute approximate surface area is 114 Å². The van der Waals surface area contributed by atoms with Crippen LogP contribution in [0.4, 0.5) is 0 Å². The van der Waals surface area contributed by atoms with Gasteiger partial charge in [-0.3, -0.25) is 4.79 Å². The molecule has 0 amide bonds. The molecule has 1 rings (SSSR count). The quantitative estimate of drug-likeness (QED) is 0.586. The fourth-order valence-corrected chi connectivity index (χ4v) is 2.36. The number of hydrogen-bond acceptors (Lipinski definition) is 1. The van der Waals surface area contributed by atoms with Crippen molar-refractivity contribution in [1.82, 2.24) is 0 Å². The fraction of sp³-hybridized carbons (Fsp3) is 0.643. The summed E-state index contributed by atoms with van der Waals surface area (Å²) in [6.45, 7) is 11.8. The molecular weight excluding hydrogens is 255 g/mol. The van der Waals surface area contributed by atoms with E-state index in [0.29, 0.717) is 10.6 Å². The molecule has 1 atom stereocenters. The van der Waals surface area contributed by atoms with Crippen LogP contribution in [0.15, 0.2) is 22.8 Å². The number of carbonyl (C=O) groups is 1. The molecule has 0 aromatic carbocycles. The highest BCUT2D eigenvalue weighted by Crippen LogP contribution is 2.47. The first-order valence-electron chi connectivity index (χ1n) is 5.74. The number of alkyl halides is 1. The van der Waals surface area contributed by atoms with Crippen LogP contribution in [0.2, 0.25) is 0 Å². The van der Waals surface area contributed by atoms with Crippen molar-refractivity contribution in [3.05, 3.63) is 22.8 Å². The molecule has 1 unspecified atom stereocenters. The van der Waals surface area contributed by atoms with Gasteiger partial charge >= 0.3 is 0 Å². The smallest absolute Gasteiger partial charge is 0.184 e. The Kier molecular flexibility index (Phi) is 3.60. The monoisotopic (exact) mass is 274 g/mol. The summed E-state index contributed by atoms with van der Waals surface area (Å²) in [6, 6.07) is 0. The van der Waals surface area contributed by atoms with E-state index in [4.69, 9.17) is 23.2 Å². The van der Waals surface area contributed by atoms with E-state index >= 15 is 0 Å². The van der Waals surface area contributed by atoms with Crippen LogP contribution in [0.3, 0.4) is 0 Å². The van der Waals surface area contributed by atoms with Gasteiger partial charge in [0.15, 0.2) is 5.78 Å². The van der Waals surface area contributed by atoms with Gasteiger partial charge in [0.1, 0.15) is 4.87 Å². The van der Waals surface area contributed by atoms with E-state index in [1.54, 1.807) is 12.2 Å². The first kappa shape index (κ1) is 14.8. The molecule has 0 bridgehead atoms. The fourth-order valence-electron chi connectivity index (χ4n) is 1.81. The van der Waals surface area contributed by atoms with Crippen molar-refractivity contribution in [2.75, 3.05) is 0 Å². The van der Waals surface area contributed by atoms with E-state index in [0.717, 1.165) is 0 Å². The highest BCUT2D eigenvalue weighted by molar-refractivity contribution is 6.43. The van der Waals surface area contributed by atoms with E-state index in [2.05, 4.69) is 0 Å². The zero-order chi connectivity index (χ0) is 13.6. The van der Waals surface area contributed by atoms with Crippen molar-refractivity contribution < 1.29 is 4.79 Å². The van der Waals surface area contributed by atoms with Crippen LogP contribution in [-0.2, 0) is 4.79 Å². The predicted octanol–water partition coefficient (Wildman–Crippen LogP) is 4.69. The Bertz CT molecular complexity index is 405. The summed E-state index contributed by atoms with van der Waals surface area (Å²) in [6.07, 6.45) is 3.39. The number of carbonyl (C=O) groups excluding carboxylic acids is 1. The number of halogens is 2. The van der Waals surface area contributed by atoms with E-state index in [1.165, 1.54) is 0 Å². The van der Waals surface area contributed by atoms with Gasteiger partial charge in [-0.05, 0) is 23.0 Å². The normalized spacial score (nSPS) is 26.7. The summed E-state index contributed by atoms with van der Waals surface area (Å²) in [5.74, 6) is -0.0384. The molecule has 0 saturated heterocycles. The molecule has 0 aromatic heterocycles. The second-order valence-electron chi connectivity index (χ2n) is 6.63. The van der Waals surface area contributed by atoms with Gasteiger partial charge in [-0.2, -0.15) is 0 Å². The summed E-state index contributed by atoms with van der Waals surface area (Å²) in [7, 11) is 0. The maximum Gasteiger partial charge on any atom is 0.184 e. The van der Waals surface area contributed by atoms with Gasteiger partial charge in [0, 0.05) is 10.6 Å². The number of allylic oxidation sites excluding steroid dienone is 4. The summed E-state index contributed by atoms with van der Waals surface area (Å²) >= 11 is 12.7. The summed E-state index contributed by atoms with van der Waals surface area (Å²) in [5.41, 5.74) is 0.0582. The molecule has 1 aliphatic carbocycles. The van der Waals surface area contributed by atoms with Crippen molar-refractivity contribution in [2.45, 2.75) is 46.4 Å². The largest absolute Gasteiger partial charge is 0.292 e. The maximum absolute atomic E-state index is 12.6. The SMILES string of the molecule is CC(C)(C)C1=CC(Cl)=CC(Cl)(C(C)(C)C)C1=O. The van der Waals surface area contributed by atoms with Crippen molar-refractivity contribution in [1.29, 1.82) is 0 Å². The second-order valence-corrected chi connectivity index (χ2v) is 7.66. The number of Topliss-reactive ketones (excluding diaryl/α,β-unsaturated/α-hetero) is 1. The highest BCUT2D eigenvalue weighted by Gasteiger charge is 2.49. The second kappa shape index (κ2) is 4.13. The van der Waals surface area contributed by atoms with Gasteiger partial charge < -0.3 is 0 Å². The summed E-state index contributed by atoms with van der Waals surface area (Å²) in [4.78, 5) is 11.5. The maximum atomic E-state index is 12.6. The van der Waals surface area contributed by atoms with Crippen molar-refractivity contribution in [3.63, 3.8) is 0 Å². The molecule has 0 saturated carbocycles. The molecule has 0 spiro atoms. The first-order chi connectivity index (χ1) is 7.39. The highest BCUT2D eigenvalue weighted by atomic mass is 35.5. The van der Waals surface area contributed by atoms with E-state index in [9.17, 15) is 4.79 Å². The van der Waals surface area contributed by atoms with Crippen LogP contribution >= 0.6 is 23.2 Å². The van der Waals surface area contributed by atoms with Crippen molar-refractivity contribution >= 4 is 29.0 Å². The molecule has 0 radical (unpaired) electrons.